The first kappa shape index (κ1) is 7.76. The summed E-state index contributed by atoms with van der Waals surface area (Å²) in [6.45, 7) is 3.67. The lowest BCUT2D eigenvalue weighted by Gasteiger charge is -2.26. The minimum Gasteiger partial charge on any atom is -0.356 e. The van der Waals surface area contributed by atoms with Gasteiger partial charge in [0.1, 0.15) is 0 Å². The van der Waals surface area contributed by atoms with Crippen molar-refractivity contribution in [1.29, 1.82) is 0 Å². The summed E-state index contributed by atoms with van der Waals surface area (Å²) in [5.74, 6) is 0. The van der Waals surface area contributed by atoms with Crippen LogP contribution in [0.5, 0.6) is 0 Å². The van der Waals surface area contributed by atoms with Gasteiger partial charge in [-0.2, -0.15) is 0 Å². The number of rotatable bonds is 2. The average molecular weight is 142 g/mol. The molecule has 1 saturated heterocycles. The van der Waals surface area contributed by atoms with Gasteiger partial charge in [0.25, 0.3) is 0 Å². The van der Waals surface area contributed by atoms with Gasteiger partial charge in [-0.25, -0.2) is 0 Å². The van der Waals surface area contributed by atoms with Crippen molar-refractivity contribution >= 4 is 0 Å². The molecule has 1 aliphatic rings. The normalized spacial score (nSPS) is 33.7. The highest BCUT2D eigenvalue weighted by Crippen LogP contribution is 2.19. The fraction of sp³-hybridized carbons (Fsp3) is 0.750. The Morgan fingerprint density at radius 1 is 1.60 bits per heavy atom. The molecule has 1 aliphatic heterocycles. The number of methoxy groups -OCH3 is 1. The topological polar surface area (TPSA) is 18.5 Å². The Labute approximate surface area is 61.8 Å². The Morgan fingerprint density at radius 3 is 3.00 bits per heavy atom. The fourth-order valence-electron chi connectivity index (χ4n) is 1.16. The lowest BCUT2D eigenvalue weighted by molar-refractivity contribution is -0.166. The molecule has 2 nitrogen and oxygen atoms in total. The second kappa shape index (κ2) is 3.74. The predicted octanol–water partition coefficient (Wildman–Crippen LogP) is 1.71. The first-order valence-corrected chi connectivity index (χ1v) is 3.67. The molecular formula is C8H14O2. The van der Waals surface area contributed by atoms with Gasteiger partial charge >= 0.3 is 0 Å². The van der Waals surface area contributed by atoms with Gasteiger partial charge in [0.2, 0.25) is 0 Å². The van der Waals surface area contributed by atoms with Crippen LogP contribution in [0.15, 0.2) is 12.7 Å². The van der Waals surface area contributed by atoms with Gasteiger partial charge in [0.15, 0.2) is 6.29 Å². The van der Waals surface area contributed by atoms with Crippen molar-refractivity contribution in [3.63, 3.8) is 0 Å². The van der Waals surface area contributed by atoms with Crippen molar-refractivity contribution in [3.05, 3.63) is 12.7 Å². The standard InChI is InChI=1S/C8H14O2/c1-3-7-5-4-6-8(9-2)10-7/h3,7-8H,1,4-6H2,2H3/t7-,8+/m0/s1. The van der Waals surface area contributed by atoms with Crippen LogP contribution in [-0.2, 0) is 9.47 Å². The van der Waals surface area contributed by atoms with E-state index in [1.165, 1.54) is 6.42 Å². The van der Waals surface area contributed by atoms with Crippen molar-refractivity contribution < 1.29 is 9.47 Å². The highest BCUT2D eigenvalue weighted by Gasteiger charge is 2.18. The number of hydrogen-bond acceptors (Lipinski definition) is 2. The van der Waals surface area contributed by atoms with Gasteiger partial charge in [0.05, 0.1) is 6.10 Å². The summed E-state index contributed by atoms with van der Waals surface area (Å²) in [5.41, 5.74) is 0. The van der Waals surface area contributed by atoms with Gasteiger partial charge in [-0.1, -0.05) is 6.08 Å². The van der Waals surface area contributed by atoms with Crippen molar-refractivity contribution in [3.8, 4) is 0 Å². The minimum absolute atomic E-state index is 0.00301. The molecule has 0 spiro atoms. The monoisotopic (exact) mass is 142 g/mol. The van der Waals surface area contributed by atoms with Gasteiger partial charge in [-0.05, 0) is 19.3 Å². The molecule has 0 N–H and O–H groups in total. The first-order valence-electron chi connectivity index (χ1n) is 3.67. The molecule has 0 amide bonds. The summed E-state index contributed by atoms with van der Waals surface area (Å²) in [6.07, 6.45) is 5.32. The van der Waals surface area contributed by atoms with E-state index >= 15 is 0 Å². The highest BCUT2D eigenvalue weighted by molar-refractivity contribution is 4.82. The van der Waals surface area contributed by atoms with E-state index < -0.39 is 0 Å². The quantitative estimate of drug-likeness (QED) is 0.546. The molecular weight excluding hydrogens is 128 g/mol. The van der Waals surface area contributed by atoms with Crippen LogP contribution in [0.25, 0.3) is 0 Å². The summed E-state index contributed by atoms with van der Waals surface area (Å²) >= 11 is 0. The van der Waals surface area contributed by atoms with E-state index in [0.29, 0.717) is 0 Å². The summed E-state index contributed by atoms with van der Waals surface area (Å²) < 4.78 is 10.5. The zero-order valence-electron chi connectivity index (χ0n) is 6.38. The second-order valence-corrected chi connectivity index (χ2v) is 2.51. The van der Waals surface area contributed by atoms with Gasteiger partial charge in [-0.3, -0.25) is 0 Å². The Bertz CT molecular complexity index is 112. The Balaban J connectivity index is 2.31. The molecule has 1 fully saturated rings. The molecule has 2 heteroatoms. The van der Waals surface area contributed by atoms with E-state index in [0.717, 1.165) is 12.8 Å². The highest BCUT2D eigenvalue weighted by atomic mass is 16.7. The molecule has 0 aliphatic carbocycles. The SMILES string of the molecule is C=C[C@H]1CCC[C@H](OC)O1. The van der Waals surface area contributed by atoms with Crippen molar-refractivity contribution in [2.45, 2.75) is 31.7 Å². The fourth-order valence-corrected chi connectivity index (χ4v) is 1.16. The van der Waals surface area contributed by atoms with Crippen LogP contribution in [0.2, 0.25) is 0 Å². The smallest absolute Gasteiger partial charge is 0.158 e. The molecule has 0 unspecified atom stereocenters. The molecule has 58 valence electrons. The molecule has 1 heterocycles. The zero-order valence-corrected chi connectivity index (χ0v) is 6.38. The molecule has 1 rings (SSSR count). The lowest BCUT2D eigenvalue weighted by atomic mass is 10.1. The maximum absolute atomic E-state index is 5.44. The second-order valence-electron chi connectivity index (χ2n) is 2.51. The van der Waals surface area contributed by atoms with Crippen LogP contribution in [0, 0.1) is 0 Å². The molecule has 0 radical (unpaired) electrons. The van der Waals surface area contributed by atoms with Crippen LogP contribution in [-0.4, -0.2) is 19.5 Å². The van der Waals surface area contributed by atoms with Crippen LogP contribution < -0.4 is 0 Å². The molecule has 0 aromatic carbocycles. The molecule has 0 saturated carbocycles. The summed E-state index contributed by atoms with van der Waals surface area (Å²) in [5, 5.41) is 0. The summed E-state index contributed by atoms with van der Waals surface area (Å²) in [7, 11) is 1.68. The van der Waals surface area contributed by atoms with Gasteiger partial charge in [0, 0.05) is 7.11 Å². The average Bonchev–Trinajstić information content (AvgIpc) is 2.05. The van der Waals surface area contributed by atoms with Crippen molar-refractivity contribution in [2.24, 2.45) is 0 Å². The van der Waals surface area contributed by atoms with Gasteiger partial charge in [-0.15, -0.1) is 6.58 Å². The molecule has 10 heavy (non-hydrogen) atoms. The number of ether oxygens (including phenoxy) is 2. The lowest BCUT2D eigenvalue weighted by Crippen LogP contribution is -2.27. The molecule has 0 aromatic heterocycles. The summed E-state index contributed by atoms with van der Waals surface area (Å²) in [4.78, 5) is 0. The first-order chi connectivity index (χ1) is 4.86. The van der Waals surface area contributed by atoms with E-state index in [-0.39, 0.29) is 12.4 Å². The maximum Gasteiger partial charge on any atom is 0.158 e. The zero-order chi connectivity index (χ0) is 7.40. The molecule has 0 aromatic rings. The van der Waals surface area contributed by atoms with Crippen LogP contribution in [0.3, 0.4) is 0 Å². The third-order valence-electron chi connectivity index (χ3n) is 1.78. The molecule has 2 atom stereocenters. The van der Waals surface area contributed by atoms with Crippen molar-refractivity contribution in [1.82, 2.24) is 0 Å². The van der Waals surface area contributed by atoms with E-state index in [4.69, 9.17) is 9.47 Å². The van der Waals surface area contributed by atoms with Crippen LogP contribution in [0.4, 0.5) is 0 Å². The van der Waals surface area contributed by atoms with E-state index in [1.54, 1.807) is 7.11 Å². The Hall–Kier alpha value is -0.340. The Morgan fingerprint density at radius 2 is 2.40 bits per heavy atom. The van der Waals surface area contributed by atoms with E-state index in [2.05, 4.69) is 6.58 Å². The van der Waals surface area contributed by atoms with E-state index in [1.807, 2.05) is 6.08 Å². The maximum atomic E-state index is 5.44. The van der Waals surface area contributed by atoms with E-state index in [9.17, 15) is 0 Å². The predicted molar refractivity (Wildman–Crippen MR) is 39.7 cm³/mol. The third-order valence-corrected chi connectivity index (χ3v) is 1.78. The largest absolute Gasteiger partial charge is 0.356 e. The van der Waals surface area contributed by atoms with Gasteiger partial charge < -0.3 is 9.47 Å². The number of hydrogen-bond donors (Lipinski definition) is 0. The summed E-state index contributed by atoms with van der Waals surface area (Å²) in [6, 6.07) is 0. The van der Waals surface area contributed by atoms with Crippen molar-refractivity contribution in [2.75, 3.05) is 7.11 Å². The third kappa shape index (κ3) is 1.82. The van der Waals surface area contributed by atoms with Crippen LogP contribution in [0.1, 0.15) is 19.3 Å². The molecule has 0 bridgehead atoms. The van der Waals surface area contributed by atoms with Crippen LogP contribution >= 0.6 is 0 Å². The minimum atomic E-state index is -0.00301. The Kier molecular flexibility index (Phi) is 2.90.